The lowest BCUT2D eigenvalue weighted by Crippen LogP contribution is -2.12. The third-order valence-corrected chi connectivity index (χ3v) is 2.09. The molecule has 0 spiro atoms. The molecule has 3 nitrogen and oxygen atoms in total. The number of nitriles is 1. The monoisotopic (exact) mass is 227 g/mol. The Morgan fingerprint density at radius 1 is 1.53 bits per heavy atom. The fourth-order valence-electron chi connectivity index (χ4n) is 0.861. The van der Waals surface area contributed by atoms with Gasteiger partial charge in [0.05, 0.1) is 0 Å². The Morgan fingerprint density at radius 2 is 2.27 bits per heavy atom. The smallest absolute Gasteiger partial charge is 0.184 e. The predicted octanol–water partition coefficient (Wildman–Crippen LogP) is 2.39. The zero-order valence-corrected chi connectivity index (χ0v) is 8.61. The van der Waals surface area contributed by atoms with Crippen molar-refractivity contribution in [1.29, 1.82) is 5.26 Å². The van der Waals surface area contributed by atoms with Gasteiger partial charge in [-0.3, -0.25) is 5.32 Å². The maximum atomic E-state index is 13.1. The van der Waals surface area contributed by atoms with E-state index in [9.17, 15) is 8.78 Å². The van der Waals surface area contributed by atoms with Crippen LogP contribution in [-0.2, 0) is 0 Å². The normalized spacial score (nSPS) is 10.9. The van der Waals surface area contributed by atoms with E-state index in [1.807, 2.05) is 0 Å². The van der Waals surface area contributed by atoms with Gasteiger partial charge in [-0.15, -0.1) is 0 Å². The first kappa shape index (κ1) is 11.5. The highest BCUT2D eigenvalue weighted by molar-refractivity contribution is 8.13. The number of benzene rings is 1. The molecule has 0 heterocycles. The molecule has 0 radical (unpaired) electrons. The Hall–Kier alpha value is -1.61. The molecule has 0 saturated heterocycles. The van der Waals surface area contributed by atoms with Crippen LogP contribution in [0.2, 0.25) is 0 Å². The highest BCUT2D eigenvalue weighted by Gasteiger charge is 2.07. The summed E-state index contributed by atoms with van der Waals surface area (Å²) in [6.45, 7) is 0. The molecule has 0 aliphatic rings. The van der Waals surface area contributed by atoms with E-state index in [0.717, 1.165) is 17.8 Å². The molecule has 1 N–H and O–H groups in total. The summed E-state index contributed by atoms with van der Waals surface area (Å²) in [4.78, 5) is 3.76. The highest BCUT2D eigenvalue weighted by atomic mass is 32.2. The quantitative estimate of drug-likeness (QED) is 0.347. The van der Waals surface area contributed by atoms with Gasteiger partial charge in [-0.05, 0) is 18.4 Å². The van der Waals surface area contributed by atoms with Gasteiger partial charge in [-0.2, -0.15) is 5.26 Å². The predicted molar refractivity (Wildman–Crippen MR) is 55.7 cm³/mol. The van der Waals surface area contributed by atoms with Gasteiger partial charge in [0, 0.05) is 0 Å². The third-order valence-electron chi connectivity index (χ3n) is 1.51. The zero-order chi connectivity index (χ0) is 11.3. The number of hydrogen-bond acceptors (Lipinski definition) is 3. The summed E-state index contributed by atoms with van der Waals surface area (Å²) in [5.74, 6) is -1.99. The van der Waals surface area contributed by atoms with Gasteiger partial charge >= 0.3 is 0 Å². The molecule has 0 aliphatic carbocycles. The van der Waals surface area contributed by atoms with Gasteiger partial charge in [-0.25, -0.2) is 13.8 Å². The van der Waals surface area contributed by atoms with Crippen LogP contribution >= 0.6 is 11.8 Å². The van der Waals surface area contributed by atoms with Crippen LogP contribution < -0.4 is 5.32 Å². The summed E-state index contributed by atoms with van der Waals surface area (Å²) in [7, 11) is 0. The van der Waals surface area contributed by atoms with Crippen LogP contribution in [0, 0.1) is 23.1 Å². The van der Waals surface area contributed by atoms with E-state index in [0.29, 0.717) is 0 Å². The largest absolute Gasteiger partial charge is 0.271 e. The Kier molecular flexibility index (Phi) is 4.06. The fourth-order valence-corrected chi connectivity index (χ4v) is 1.20. The molecule has 0 saturated carbocycles. The summed E-state index contributed by atoms with van der Waals surface area (Å²) in [5, 5.41) is 10.8. The van der Waals surface area contributed by atoms with E-state index in [-0.39, 0.29) is 10.9 Å². The molecule has 15 heavy (non-hydrogen) atoms. The highest BCUT2D eigenvalue weighted by Crippen LogP contribution is 2.20. The van der Waals surface area contributed by atoms with Crippen molar-refractivity contribution in [3.63, 3.8) is 0 Å². The van der Waals surface area contributed by atoms with Crippen molar-refractivity contribution in [2.45, 2.75) is 0 Å². The van der Waals surface area contributed by atoms with E-state index < -0.39 is 11.6 Å². The van der Waals surface area contributed by atoms with Crippen molar-refractivity contribution < 1.29 is 8.78 Å². The maximum Gasteiger partial charge on any atom is 0.184 e. The Labute approximate surface area is 89.8 Å². The average Bonchev–Trinajstić information content (AvgIpc) is 2.24. The molecular formula is C9H7F2N3S. The molecule has 0 aliphatic heterocycles. The van der Waals surface area contributed by atoms with Gasteiger partial charge in [0.2, 0.25) is 0 Å². The van der Waals surface area contributed by atoms with Gasteiger partial charge in [0.15, 0.2) is 23.0 Å². The van der Waals surface area contributed by atoms with Crippen LogP contribution in [0.15, 0.2) is 23.2 Å². The van der Waals surface area contributed by atoms with E-state index in [2.05, 4.69) is 10.3 Å². The summed E-state index contributed by atoms with van der Waals surface area (Å²) < 4.78 is 25.9. The van der Waals surface area contributed by atoms with Gasteiger partial charge in [0.1, 0.15) is 5.69 Å². The van der Waals surface area contributed by atoms with E-state index in [4.69, 9.17) is 5.26 Å². The molecule has 0 fully saturated rings. The van der Waals surface area contributed by atoms with Crippen molar-refractivity contribution >= 4 is 22.6 Å². The van der Waals surface area contributed by atoms with Crippen LogP contribution in [0.1, 0.15) is 0 Å². The summed E-state index contributed by atoms with van der Waals surface area (Å²) in [6.07, 6.45) is 3.32. The second kappa shape index (κ2) is 5.32. The Morgan fingerprint density at radius 3 is 2.87 bits per heavy atom. The first-order chi connectivity index (χ1) is 7.19. The van der Waals surface area contributed by atoms with Crippen LogP contribution in [0.3, 0.4) is 0 Å². The maximum absolute atomic E-state index is 13.1. The van der Waals surface area contributed by atoms with Crippen molar-refractivity contribution in [3.05, 3.63) is 29.8 Å². The van der Waals surface area contributed by atoms with Crippen molar-refractivity contribution in [1.82, 2.24) is 5.32 Å². The van der Waals surface area contributed by atoms with Crippen LogP contribution in [0.25, 0.3) is 0 Å². The Bertz CT molecular complexity index is 426. The van der Waals surface area contributed by atoms with Crippen LogP contribution in [0.4, 0.5) is 14.5 Å². The molecule has 1 rings (SSSR count). The lowest BCUT2D eigenvalue weighted by molar-refractivity contribution is 0.510. The van der Waals surface area contributed by atoms with E-state index >= 15 is 0 Å². The zero-order valence-electron chi connectivity index (χ0n) is 7.79. The summed E-state index contributed by atoms with van der Waals surface area (Å²) in [5.41, 5.74) is -0.137. The van der Waals surface area contributed by atoms with E-state index in [1.165, 1.54) is 12.1 Å². The van der Waals surface area contributed by atoms with Crippen molar-refractivity contribution in [2.24, 2.45) is 4.99 Å². The topological polar surface area (TPSA) is 48.2 Å². The standard InChI is InChI=1S/C9H7F2N3S/c1-15-9(13-5-12)14-7-4-2-3-6(10)8(7)11/h2-4H,1H3,(H,13,14). The number of rotatable bonds is 1. The second-order valence-electron chi connectivity index (χ2n) is 2.43. The first-order valence-electron chi connectivity index (χ1n) is 3.91. The first-order valence-corrected chi connectivity index (χ1v) is 5.13. The minimum absolute atomic E-state index is 0.137. The molecule has 1 aromatic carbocycles. The molecule has 0 aromatic heterocycles. The SMILES string of the molecule is CSC(=Nc1cccc(F)c1F)NC#N. The van der Waals surface area contributed by atoms with Crippen molar-refractivity contribution in [3.8, 4) is 6.19 Å². The second-order valence-corrected chi connectivity index (χ2v) is 3.23. The molecule has 0 bridgehead atoms. The number of aliphatic imine (C=N–C) groups is 1. The van der Waals surface area contributed by atoms with Crippen molar-refractivity contribution in [2.75, 3.05) is 6.26 Å². The minimum Gasteiger partial charge on any atom is -0.271 e. The number of halogens is 2. The van der Waals surface area contributed by atoms with Gasteiger partial charge < -0.3 is 0 Å². The van der Waals surface area contributed by atoms with Gasteiger partial charge in [-0.1, -0.05) is 17.8 Å². The molecule has 0 atom stereocenters. The molecule has 0 unspecified atom stereocenters. The number of nitrogens with one attached hydrogen (secondary N) is 1. The summed E-state index contributed by atoms with van der Waals surface area (Å²) >= 11 is 1.13. The number of hydrogen-bond donors (Lipinski definition) is 1. The van der Waals surface area contributed by atoms with Crippen LogP contribution in [-0.4, -0.2) is 11.4 Å². The fraction of sp³-hybridized carbons (Fsp3) is 0.111. The summed E-state index contributed by atoms with van der Waals surface area (Å²) in [6, 6.07) is 3.68. The minimum atomic E-state index is -1.02. The van der Waals surface area contributed by atoms with Gasteiger partial charge in [0.25, 0.3) is 0 Å². The molecule has 1 aromatic rings. The van der Waals surface area contributed by atoms with Crippen LogP contribution in [0.5, 0.6) is 0 Å². The lowest BCUT2D eigenvalue weighted by Gasteiger charge is -2.01. The number of nitrogens with zero attached hydrogens (tertiary/aromatic N) is 2. The number of thioether (sulfide) groups is 1. The third kappa shape index (κ3) is 2.92. The molecular weight excluding hydrogens is 220 g/mol. The lowest BCUT2D eigenvalue weighted by atomic mass is 10.3. The molecule has 78 valence electrons. The van der Waals surface area contributed by atoms with E-state index in [1.54, 1.807) is 12.4 Å². The molecule has 6 heteroatoms. The average molecular weight is 227 g/mol. The molecule has 0 amide bonds. The Balaban J connectivity index is 3.07. The number of amidine groups is 1.